The molecule has 40 heavy (non-hydrogen) atoms. The monoisotopic (exact) mass is 590 g/mol. The van der Waals surface area contributed by atoms with E-state index in [1.54, 1.807) is 19.1 Å². The number of hydrogen-bond donors (Lipinski definition) is 1. The van der Waals surface area contributed by atoms with E-state index in [9.17, 15) is 26.3 Å². The number of halogens is 7. The quantitative estimate of drug-likeness (QED) is 0.403. The number of nitrogens with zero attached hydrogens (tertiary/aromatic N) is 5. The highest BCUT2D eigenvalue weighted by atomic mass is 35.5. The molecule has 14 heteroatoms. The summed E-state index contributed by atoms with van der Waals surface area (Å²) in [5, 5.41) is 2.76. The zero-order valence-corrected chi connectivity index (χ0v) is 22.8. The molecule has 0 amide bonds. The molecule has 0 aliphatic carbocycles. The first-order valence-corrected chi connectivity index (χ1v) is 12.8. The summed E-state index contributed by atoms with van der Waals surface area (Å²) >= 11 is 5.97. The van der Waals surface area contributed by atoms with Crippen molar-refractivity contribution >= 4 is 28.8 Å². The molecule has 1 aromatic carbocycles. The lowest BCUT2D eigenvalue weighted by atomic mass is 10.0. The third kappa shape index (κ3) is 6.47. The van der Waals surface area contributed by atoms with Gasteiger partial charge in [0, 0.05) is 63.4 Å². The van der Waals surface area contributed by atoms with Crippen molar-refractivity contribution in [2.24, 2.45) is 4.99 Å². The number of hydrogen-bond acceptors (Lipinski definition) is 7. The van der Waals surface area contributed by atoms with Crippen molar-refractivity contribution in [1.82, 2.24) is 14.8 Å². The molecule has 218 valence electrons. The van der Waals surface area contributed by atoms with E-state index in [0.717, 1.165) is 17.7 Å². The second kappa shape index (κ2) is 11.8. The largest absolute Gasteiger partial charge is 0.419 e. The second-order valence-electron chi connectivity index (χ2n) is 9.51. The Kier molecular flexibility index (Phi) is 8.86. The molecule has 1 atom stereocenters. The summed E-state index contributed by atoms with van der Waals surface area (Å²) in [6.45, 7) is 1.45. The number of pyridine rings is 1. The van der Waals surface area contributed by atoms with Crippen LogP contribution in [-0.2, 0) is 17.1 Å². The van der Waals surface area contributed by atoms with Gasteiger partial charge < -0.3 is 19.9 Å². The molecule has 0 spiro atoms. The zero-order valence-electron chi connectivity index (χ0n) is 22.1. The van der Waals surface area contributed by atoms with Crippen LogP contribution in [0.2, 0.25) is 5.02 Å². The van der Waals surface area contributed by atoms with Gasteiger partial charge in [-0.05, 0) is 43.8 Å². The molecule has 2 aliphatic rings. The van der Waals surface area contributed by atoms with Gasteiger partial charge in [0.15, 0.2) is 6.29 Å². The van der Waals surface area contributed by atoms with Crippen LogP contribution in [0.15, 0.2) is 52.9 Å². The number of ether oxygens (including phenoxy) is 1. The number of likely N-dealkylation sites (N-methyl/N-ethyl adjacent to an activating group) is 1. The van der Waals surface area contributed by atoms with Gasteiger partial charge in [-0.25, -0.2) is 9.98 Å². The first-order valence-electron chi connectivity index (χ1n) is 12.4. The van der Waals surface area contributed by atoms with Crippen molar-refractivity contribution in [3.8, 4) is 0 Å². The summed E-state index contributed by atoms with van der Waals surface area (Å²) in [6.07, 6.45) is -7.67. The Morgan fingerprint density at radius 3 is 2.42 bits per heavy atom. The van der Waals surface area contributed by atoms with E-state index >= 15 is 0 Å². The summed E-state index contributed by atoms with van der Waals surface area (Å²) in [5.74, 6) is 0.426. The first kappa shape index (κ1) is 29.9. The Labute approximate surface area is 233 Å². The van der Waals surface area contributed by atoms with E-state index in [2.05, 4.69) is 10.3 Å². The molecule has 0 saturated carbocycles. The van der Waals surface area contributed by atoms with Crippen LogP contribution in [0.1, 0.15) is 24.0 Å². The summed E-state index contributed by atoms with van der Waals surface area (Å²) in [7, 11) is 5.23. The van der Waals surface area contributed by atoms with Gasteiger partial charge in [0.2, 0.25) is 0 Å². The average molecular weight is 591 g/mol. The maximum atomic E-state index is 13.7. The lowest BCUT2D eigenvalue weighted by Crippen LogP contribution is -2.48. The molecular weight excluding hydrogens is 562 g/mol. The van der Waals surface area contributed by atoms with Crippen molar-refractivity contribution < 1.29 is 31.1 Å². The standard InChI is InChI=1S/C26H29ClF6N6O/c1-37(13-14-40-3)24-36-21-9-12-39(23-19(26(31,32)33)5-4-10-34-23)11-8-17(21)22(38(24)2)35-16-6-7-18(20(27)15-16)25(28,29)30/h4-7,10,15,24,35H,8-9,11-14H2,1-3H3. The summed E-state index contributed by atoms with van der Waals surface area (Å²) in [4.78, 5) is 14.3. The van der Waals surface area contributed by atoms with Gasteiger partial charge in [0.05, 0.1) is 22.8 Å². The highest BCUT2D eigenvalue weighted by molar-refractivity contribution is 6.31. The van der Waals surface area contributed by atoms with Crippen LogP contribution in [0, 0.1) is 0 Å². The first-order chi connectivity index (χ1) is 18.8. The molecular formula is C26H29ClF6N6O. The van der Waals surface area contributed by atoms with Gasteiger partial charge in [-0.3, -0.25) is 4.90 Å². The smallest absolute Gasteiger partial charge is 0.383 e. The van der Waals surface area contributed by atoms with Crippen molar-refractivity contribution in [3.63, 3.8) is 0 Å². The molecule has 1 aromatic heterocycles. The minimum atomic E-state index is -4.60. The summed E-state index contributed by atoms with van der Waals surface area (Å²) in [6, 6.07) is 5.66. The molecule has 1 saturated heterocycles. The third-order valence-corrected chi connectivity index (χ3v) is 7.14. The lowest BCUT2D eigenvalue weighted by Gasteiger charge is -2.40. The van der Waals surface area contributed by atoms with E-state index in [4.69, 9.17) is 21.3 Å². The lowest BCUT2D eigenvalue weighted by molar-refractivity contribution is -0.138. The number of aromatic nitrogens is 1. The number of aliphatic imine (C=N–C) groups is 1. The average Bonchev–Trinajstić information content (AvgIpc) is 3.10. The predicted octanol–water partition coefficient (Wildman–Crippen LogP) is 5.94. The Balaban J connectivity index is 1.71. The van der Waals surface area contributed by atoms with E-state index in [1.165, 1.54) is 24.4 Å². The Morgan fingerprint density at radius 1 is 1.07 bits per heavy atom. The van der Waals surface area contributed by atoms with Gasteiger partial charge >= 0.3 is 12.4 Å². The fourth-order valence-electron chi connectivity index (χ4n) is 4.80. The second-order valence-corrected chi connectivity index (χ2v) is 9.92. The van der Waals surface area contributed by atoms with Crippen LogP contribution in [0.4, 0.5) is 37.8 Å². The molecule has 1 fully saturated rings. The van der Waals surface area contributed by atoms with E-state index < -0.39 is 34.8 Å². The zero-order chi connectivity index (χ0) is 29.2. The van der Waals surface area contributed by atoms with Gasteiger partial charge in [0.25, 0.3) is 0 Å². The van der Waals surface area contributed by atoms with Gasteiger partial charge in [-0.2, -0.15) is 26.3 Å². The molecule has 0 radical (unpaired) electrons. The van der Waals surface area contributed by atoms with Crippen LogP contribution in [-0.4, -0.2) is 74.2 Å². The predicted molar refractivity (Wildman–Crippen MR) is 141 cm³/mol. The maximum absolute atomic E-state index is 13.7. The SMILES string of the molecule is COCCN(C)C1N=C2CCN(c3ncccc3C(F)(F)F)CCC2=C(Nc2ccc(C(F)(F)F)c(Cl)c2)N1C. The topological polar surface area (TPSA) is 56.2 Å². The van der Waals surface area contributed by atoms with Crippen molar-refractivity contribution in [1.29, 1.82) is 0 Å². The van der Waals surface area contributed by atoms with Crippen LogP contribution >= 0.6 is 11.6 Å². The molecule has 2 aromatic rings. The number of rotatable bonds is 7. The maximum Gasteiger partial charge on any atom is 0.419 e. The summed E-state index contributed by atoms with van der Waals surface area (Å²) in [5.41, 5.74) is 0.0106. The summed E-state index contributed by atoms with van der Waals surface area (Å²) < 4.78 is 86.1. The minimum Gasteiger partial charge on any atom is -0.383 e. The highest BCUT2D eigenvalue weighted by Crippen LogP contribution is 2.38. The van der Waals surface area contributed by atoms with Crippen LogP contribution < -0.4 is 10.2 Å². The molecule has 1 N–H and O–H groups in total. The number of alkyl halides is 6. The normalized spacial score (nSPS) is 18.6. The Hall–Kier alpha value is -3.03. The van der Waals surface area contributed by atoms with Crippen LogP contribution in [0.25, 0.3) is 0 Å². The molecule has 4 rings (SSSR count). The van der Waals surface area contributed by atoms with Gasteiger partial charge in [0.1, 0.15) is 11.6 Å². The minimum absolute atomic E-state index is 0.152. The van der Waals surface area contributed by atoms with E-state index in [0.29, 0.717) is 43.2 Å². The van der Waals surface area contributed by atoms with Crippen molar-refractivity contribution in [3.05, 3.63) is 64.1 Å². The van der Waals surface area contributed by atoms with Crippen LogP contribution in [0.3, 0.4) is 0 Å². The fraction of sp³-hybridized carbons (Fsp3) is 0.462. The number of anilines is 2. The number of methoxy groups -OCH3 is 1. The van der Waals surface area contributed by atoms with Crippen LogP contribution in [0.5, 0.6) is 0 Å². The van der Waals surface area contributed by atoms with E-state index in [-0.39, 0.29) is 18.9 Å². The Bertz CT molecular complexity index is 1280. The van der Waals surface area contributed by atoms with Gasteiger partial charge in [-0.1, -0.05) is 11.6 Å². The molecule has 7 nitrogen and oxygen atoms in total. The third-order valence-electron chi connectivity index (χ3n) is 6.83. The van der Waals surface area contributed by atoms with Crippen molar-refractivity contribution in [2.75, 3.05) is 57.7 Å². The van der Waals surface area contributed by atoms with Gasteiger partial charge in [-0.15, -0.1) is 0 Å². The van der Waals surface area contributed by atoms with Crippen molar-refractivity contribution in [2.45, 2.75) is 31.5 Å². The van der Waals surface area contributed by atoms with E-state index in [1.807, 2.05) is 16.8 Å². The number of benzene rings is 1. The number of fused-ring (bicyclic) bond motifs is 1. The molecule has 0 bridgehead atoms. The molecule has 3 heterocycles. The molecule has 2 aliphatic heterocycles. The Morgan fingerprint density at radius 2 is 1.77 bits per heavy atom. The molecule has 1 unspecified atom stereocenters. The number of nitrogens with one attached hydrogen (secondary N) is 1. The fourth-order valence-corrected chi connectivity index (χ4v) is 5.08. The highest BCUT2D eigenvalue weighted by Gasteiger charge is 2.38.